The lowest BCUT2D eigenvalue weighted by Gasteiger charge is -2.15. The maximum atomic E-state index is 12.7. The largest absolute Gasteiger partial charge is 0.497 e. The van der Waals surface area contributed by atoms with Crippen LogP contribution in [-0.2, 0) is 14.3 Å². The van der Waals surface area contributed by atoms with Crippen molar-refractivity contribution in [1.82, 2.24) is 10.3 Å². The molecule has 0 aliphatic heterocycles. The minimum atomic E-state index is -1.09. The third-order valence-corrected chi connectivity index (χ3v) is 5.25. The first-order valence-electron chi connectivity index (χ1n) is 10.5. The van der Waals surface area contributed by atoms with Crippen LogP contribution in [0.2, 0.25) is 0 Å². The number of carbonyl (C=O) groups excluding carboxylic acids is 3. The Morgan fingerprint density at radius 2 is 1.73 bits per heavy atom. The van der Waals surface area contributed by atoms with E-state index in [2.05, 4.69) is 15.6 Å². The average Bonchev–Trinajstić information content (AvgIpc) is 2.79. The van der Waals surface area contributed by atoms with Crippen molar-refractivity contribution in [3.63, 3.8) is 0 Å². The van der Waals surface area contributed by atoms with Crippen molar-refractivity contribution in [2.24, 2.45) is 0 Å². The lowest BCUT2D eigenvalue weighted by molar-refractivity contribution is -0.130. The molecule has 3 aromatic rings. The number of hydrogen-bond acceptors (Lipinski definition) is 6. The average molecular weight is 450 g/mol. The van der Waals surface area contributed by atoms with Gasteiger partial charge in [0.05, 0.1) is 30.4 Å². The minimum absolute atomic E-state index is 0.245. The van der Waals surface area contributed by atoms with Gasteiger partial charge in [0.15, 0.2) is 6.10 Å². The number of rotatable bonds is 7. The fraction of sp³-hybridized carbons (Fsp3) is 0.280. The van der Waals surface area contributed by atoms with Crippen molar-refractivity contribution in [2.75, 3.05) is 19.0 Å². The van der Waals surface area contributed by atoms with Gasteiger partial charge in [-0.25, -0.2) is 4.79 Å². The monoisotopic (exact) mass is 449 g/mol. The Morgan fingerprint density at radius 3 is 2.39 bits per heavy atom. The van der Waals surface area contributed by atoms with Gasteiger partial charge in [-0.15, -0.1) is 0 Å². The molecule has 8 nitrogen and oxygen atoms in total. The van der Waals surface area contributed by atoms with Crippen molar-refractivity contribution in [1.29, 1.82) is 0 Å². The van der Waals surface area contributed by atoms with E-state index in [0.717, 1.165) is 11.1 Å². The number of hydrogen-bond donors (Lipinski definition) is 2. The van der Waals surface area contributed by atoms with Crippen LogP contribution < -0.4 is 15.4 Å². The second kappa shape index (κ2) is 10.1. The Morgan fingerprint density at radius 1 is 1.03 bits per heavy atom. The van der Waals surface area contributed by atoms with Crippen molar-refractivity contribution in [2.45, 2.75) is 33.8 Å². The zero-order valence-corrected chi connectivity index (χ0v) is 19.3. The number of methoxy groups -OCH3 is 1. The zero-order valence-electron chi connectivity index (χ0n) is 19.3. The summed E-state index contributed by atoms with van der Waals surface area (Å²) < 4.78 is 10.5. The van der Waals surface area contributed by atoms with Gasteiger partial charge >= 0.3 is 5.97 Å². The molecule has 172 valence electrons. The first-order chi connectivity index (χ1) is 15.7. The molecule has 1 aromatic heterocycles. The molecule has 2 aromatic carbocycles. The number of aromatic nitrogens is 1. The molecule has 1 unspecified atom stereocenters. The van der Waals surface area contributed by atoms with Crippen LogP contribution in [0.1, 0.15) is 34.1 Å². The van der Waals surface area contributed by atoms with Crippen LogP contribution in [0.5, 0.6) is 5.75 Å². The second-order valence-corrected chi connectivity index (χ2v) is 7.76. The molecule has 0 fully saturated rings. The topological polar surface area (TPSA) is 107 Å². The number of carbonyl (C=O) groups is 3. The van der Waals surface area contributed by atoms with Gasteiger partial charge in [0.2, 0.25) is 5.91 Å². The molecule has 0 saturated heterocycles. The summed E-state index contributed by atoms with van der Waals surface area (Å²) in [7, 11) is 1.56. The Hall–Kier alpha value is -3.94. The van der Waals surface area contributed by atoms with Crippen molar-refractivity contribution in [3.05, 3.63) is 64.8 Å². The molecule has 3 rings (SSSR count). The number of esters is 1. The highest BCUT2D eigenvalue weighted by Crippen LogP contribution is 2.23. The molecular formula is C25H27N3O5. The quantitative estimate of drug-likeness (QED) is 0.535. The molecule has 8 heteroatoms. The lowest BCUT2D eigenvalue weighted by atomic mass is 10.1. The molecule has 2 amide bonds. The number of nitrogens with zero attached hydrogens (tertiary/aromatic N) is 1. The Balaban J connectivity index is 1.60. The van der Waals surface area contributed by atoms with Gasteiger partial charge in [-0.2, -0.15) is 0 Å². The van der Waals surface area contributed by atoms with Crippen LogP contribution in [0.15, 0.2) is 42.5 Å². The fourth-order valence-corrected chi connectivity index (χ4v) is 3.37. The number of benzene rings is 2. The molecule has 0 saturated carbocycles. The van der Waals surface area contributed by atoms with Gasteiger partial charge in [-0.1, -0.05) is 18.2 Å². The van der Waals surface area contributed by atoms with Gasteiger partial charge in [0.25, 0.3) is 5.91 Å². The number of fused-ring (bicyclic) bond motifs is 1. The summed E-state index contributed by atoms with van der Waals surface area (Å²) in [6, 6.07) is 12.7. The van der Waals surface area contributed by atoms with E-state index in [1.165, 1.54) is 6.92 Å². The van der Waals surface area contributed by atoms with Gasteiger partial charge in [0, 0.05) is 11.1 Å². The third kappa shape index (κ3) is 5.65. The second-order valence-electron chi connectivity index (χ2n) is 7.76. The molecule has 1 heterocycles. The van der Waals surface area contributed by atoms with Crippen molar-refractivity contribution >= 4 is 34.4 Å². The Labute approximate surface area is 192 Å². The highest BCUT2D eigenvalue weighted by molar-refractivity contribution is 5.98. The summed E-state index contributed by atoms with van der Waals surface area (Å²) in [6.45, 7) is 6.68. The molecule has 0 radical (unpaired) electrons. The lowest BCUT2D eigenvalue weighted by Crippen LogP contribution is -2.40. The van der Waals surface area contributed by atoms with E-state index in [1.54, 1.807) is 38.3 Å². The number of anilines is 1. The van der Waals surface area contributed by atoms with Crippen LogP contribution in [0.3, 0.4) is 0 Å². The molecule has 0 aliphatic rings. The van der Waals surface area contributed by atoms with Crippen LogP contribution in [-0.4, -0.2) is 42.5 Å². The van der Waals surface area contributed by atoms with E-state index in [9.17, 15) is 14.4 Å². The minimum Gasteiger partial charge on any atom is -0.497 e. The summed E-state index contributed by atoms with van der Waals surface area (Å²) in [6.07, 6.45) is -1.09. The number of amides is 2. The van der Waals surface area contributed by atoms with Crippen LogP contribution in [0.4, 0.5) is 5.69 Å². The van der Waals surface area contributed by atoms with Gasteiger partial charge < -0.3 is 20.1 Å². The molecular weight excluding hydrogens is 422 g/mol. The highest BCUT2D eigenvalue weighted by atomic mass is 16.5. The number of aryl methyl sites for hydroxylation is 3. The van der Waals surface area contributed by atoms with Crippen LogP contribution in [0.25, 0.3) is 10.9 Å². The van der Waals surface area contributed by atoms with Crippen LogP contribution in [0, 0.1) is 20.8 Å². The van der Waals surface area contributed by atoms with Gasteiger partial charge in [0.1, 0.15) is 5.75 Å². The Kier molecular flexibility index (Phi) is 7.27. The summed E-state index contributed by atoms with van der Waals surface area (Å²) in [5.41, 5.74) is 4.02. The van der Waals surface area contributed by atoms with Crippen molar-refractivity contribution in [3.8, 4) is 5.75 Å². The Bertz CT molecular complexity index is 1200. The number of ether oxygens (including phenoxy) is 2. The highest BCUT2D eigenvalue weighted by Gasteiger charge is 2.21. The fourth-order valence-electron chi connectivity index (χ4n) is 3.37. The summed E-state index contributed by atoms with van der Waals surface area (Å²) in [5, 5.41) is 6.01. The normalized spacial score (nSPS) is 11.5. The number of pyridine rings is 1. The maximum absolute atomic E-state index is 12.7. The van der Waals surface area contributed by atoms with Crippen molar-refractivity contribution < 1.29 is 23.9 Å². The maximum Gasteiger partial charge on any atom is 0.340 e. The molecule has 2 N–H and O–H groups in total. The molecule has 1 atom stereocenters. The number of para-hydroxylation sites is 1. The standard InChI is InChI=1S/C25H27N3O5/c1-14-7-6-8-15(2)23(14)28-22(29)13-26-24(30)17(4)33-25(31)20-12-18-11-19(32-5)9-10-21(18)27-16(20)3/h6-12,17H,13H2,1-5H3,(H,26,30)(H,28,29). The molecule has 0 bridgehead atoms. The smallest absolute Gasteiger partial charge is 0.340 e. The summed E-state index contributed by atoms with van der Waals surface area (Å²) in [5.74, 6) is -0.984. The van der Waals surface area contributed by atoms with E-state index in [4.69, 9.17) is 9.47 Å². The predicted octanol–water partition coefficient (Wildman–Crippen LogP) is 3.47. The molecule has 0 aliphatic carbocycles. The zero-order chi connectivity index (χ0) is 24.1. The molecule has 0 spiro atoms. The molecule has 33 heavy (non-hydrogen) atoms. The third-order valence-electron chi connectivity index (χ3n) is 5.25. The predicted molar refractivity (Wildman–Crippen MR) is 125 cm³/mol. The SMILES string of the molecule is COc1ccc2nc(C)c(C(=O)OC(C)C(=O)NCC(=O)Nc3c(C)cccc3C)cc2c1. The number of nitrogens with one attached hydrogen (secondary N) is 2. The van der Waals surface area contributed by atoms with E-state index < -0.39 is 18.0 Å². The van der Waals surface area contributed by atoms with Gasteiger partial charge in [-0.05, 0) is 63.1 Å². The van der Waals surface area contributed by atoms with E-state index in [1.807, 2.05) is 32.0 Å². The summed E-state index contributed by atoms with van der Waals surface area (Å²) >= 11 is 0. The van der Waals surface area contributed by atoms with Crippen LogP contribution >= 0.6 is 0 Å². The first kappa shape index (κ1) is 23.7. The van der Waals surface area contributed by atoms with E-state index in [-0.39, 0.29) is 18.0 Å². The van der Waals surface area contributed by atoms with Gasteiger partial charge in [-0.3, -0.25) is 14.6 Å². The van der Waals surface area contributed by atoms with E-state index >= 15 is 0 Å². The summed E-state index contributed by atoms with van der Waals surface area (Å²) in [4.78, 5) is 41.7. The van der Waals surface area contributed by atoms with E-state index in [0.29, 0.717) is 28.0 Å². The first-order valence-corrected chi connectivity index (χ1v) is 10.5.